The molecule has 1 aliphatic heterocycles. The Hall–Kier alpha value is -0.900. The smallest absolute Gasteiger partial charge is 0.157 e. The summed E-state index contributed by atoms with van der Waals surface area (Å²) >= 11 is 0. The quantitative estimate of drug-likeness (QED) is 0.821. The molecular weight excluding hydrogens is 192 g/mol. The lowest BCUT2D eigenvalue weighted by molar-refractivity contribution is -0.165. The molecule has 0 aliphatic carbocycles. The zero-order valence-corrected chi connectivity index (χ0v) is 8.63. The van der Waals surface area contributed by atoms with E-state index in [2.05, 4.69) is 0 Å². The van der Waals surface area contributed by atoms with E-state index in [1.165, 1.54) is 5.56 Å². The molecular formula is C12H16O3. The topological polar surface area (TPSA) is 38.7 Å². The molecule has 0 spiro atoms. The van der Waals surface area contributed by atoms with Crippen molar-refractivity contribution in [2.75, 3.05) is 6.61 Å². The van der Waals surface area contributed by atoms with Crippen LogP contribution in [0.25, 0.3) is 0 Å². The summed E-state index contributed by atoms with van der Waals surface area (Å²) in [5.41, 5.74) is 1.17. The van der Waals surface area contributed by atoms with Gasteiger partial charge in [0.2, 0.25) is 0 Å². The summed E-state index contributed by atoms with van der Waals surface area (Å²) < 4.78 is 10.7. The van der Waals surface area contributed by atoms with Crippen LogP contribution in [0.15, 0.2) is 30.3 Å². The average molecular weight is 208 g/mol. The van der Waals surface area contributed by atoms with E-state index in [1.807, 2.05) is 30.3 Å². The maximum Gasteiger partial charge on any atom is 0.157 e. The number of aliphatic hydroxyl groups is 1. The first-order valence-corrected chi connectivity index (χ1v) is 5.30. The minimum atomic E-state index is -0.653. The van der Waals surface area contributed by atoms with Gasteiger partial charge in [-0.05, 0) is 12.0 Å². The molecule has 3 heteroatoms. The van der Waals surface area contributed by atoms with Crippen molar-refractivity contribution >= 4 is 0 Å². The minimum absolute atomic E-state index is 0.119. The van der Waals surface area contributed by atoms with Crippen molar-refractivity contribution in [1.29, 1.82) is 0 Å². The zero-order chi connectivity index (χ0) is 10.5. The van der Waals surface area contributed by atoms with Crippen LogP contribution in [0, 0.1) is 0 Å². The third kappa shape index (κ3) is 3.30. The number of hydrogen-bond donors (Lipinski definition) is 1. The number of aliphatic hydroxyl groups excluding tert-OH is 1. The van der Waals surface area contributed by atoms with Gasteiger partial charge in [-0.25, -0.2) is 0 Å². The molecule has 0 unspecified atom stereocenters. The second-order valence-electron chi connectivity index (χ2n) is 3.77. The molecule has 0 radical (unpaired) electrons. The van der Waals surface area contributed by atoms with Gasteiger partial charge in [0.15, 0.2) is 6.29 Å². The van der Waals surface area contributed by atoms with Crippen LogP contribution in [0.4, 0.5) is 0 Å². The van der Waals surface area contributed by atoms with Gasteiger partial charge < -0.3 is 14.6 Å². The molecule has 0 saturated carbocycles. The Balaban J connectivity index is 1.78. The predicted octanol–water partition coefficient (Wildman–Crippen LogP) is 1.70. The van der Waals surface area contributed by atoms with Gasteiger partial charge in [0, 0.05) is 6.42 Å². The van der Waals surface area contributed by atoms with Crippen molar-refractivity contribution in [3.05, 3.63) is 35.9 Å². The molecule has 1 heterocycles. The second kappa shape index (κ2) is 5.26. The highest BCUT2D eigenvalue weighted by Gasteiger charge is 2.20. The number of rotatable bonds is 3. The molecule has 15 heavy (non-hydrogen) atoms. The fourth-order valence-corrected chi connectivity index (χ4v) is 1.69. The average Bonchev–Trinajstić information content (AvgIpc) is 2.28. The summed E-state index contributed by atoms with van der Waals surface area (Å²) in [4.78, 5) is 0. The molecule has 3 nitrogen and oxygen atoms in total. The van der Waals surface area contributed by atoms with E-state index in [1.54, 1.807) is 0 Å². The van der Waals surface area contributed by atoms with Gasteiger partial charge in [-0.3, -0.25) is 0 Å². The molecule has 2 rings (SSSR count). The molecule has 1 aromatic rings. The molecule has 1 fully saturated rings. The van der Waals surface area contributed by atoms with Gasteiger partial charge in [0.1, 0.15) is 0 Å². The second-order valence-corrected chi connectivity index (χ2v) is 3.77. The number of ether oxygens (including phenoxy) is 2. The third-order valence-corrected chi connectivity index (χ3v) is 2.54. The molecule has 0 aromatic heterocycles. The van der Waals surface area contributed by atoms with Gasteiger partial charge in [0.25, 0.3) is 0 Å². The maximum atomic E-state index is 9.27. The number of benzene rings is 1. The molecule has 1 aliphatic rings. The lowest BCUT2D eigenvalue weighted by Crippen LogP contribution is -2.30. The van der Waals surface area contributed by atoms with E-state index < -0.39 is 6.29 Å². The molecule has 82 valence electrons. The van der Waals surface area contributed by atoms with Gasteiger partial charge in [0.05, 0.1) is 19.3 Å². The molecule has 1 saturated heterocycles. The first-order chi connectivity index (χ1) is 7.34. The van der Waals surface area contributed by atoms with Crippen LogP contribution in [-0.4, -0.2) is 24.1 Å². The summed E-state index contributed by atoms with van der Waals surface area (Å²) in [7, 11) is 0. The highest BCUT2D eigenvalue weighted by molar-refractivity contribution is 5.13. The molecule has 1 aromatic carbocycles. The SMILES string of the molecule is O[C@@H]1C[C@@H](OCc2ccccc2)CCO1. The molecule has 0 amide bonds. The Bertz CT molecular complexity index is 286. The Labute approximate surface area is 89.6 Å². The highest BCUT2D eigenvalue weighted by Crippen LogP contribution is 2.16. The summed E-state index contributed by atoms with van der Waals surface area (Å²) in [6.07, 6.45) is 0.907. The van der Waals surface area contributed by atoms with E-state index >= 15 is 0 Å². The van der Waals surface area contributed by atoms with Crippen molar-refractivity contribution in [2.24, 2.45) is 0 Å². The van der Waals surface area contributed by atoms with Crippen molar-refractivity contribution in [3.63, 3.8) is 0 Å². The fraction of sp³-hybridized carbons (Fsp3) is 0.500. The summed E-state index contributed by atoms with van der Waals surface area (Å²) in [6, 6.07) is 10.1. The Morgan fingerprint density at radius 3 is 2.87 bits per heavy atom. The molecule has 2 atom stereocenters. The summed E-state index contributed by atoms with van der Waals surface area (Å²) in [6.45, 7) is 1.19. The van der Waals surface area contributed by atoms with Crippen molar-refractivity contribution in [2.45, 2.75) is 31.8 Å². The normalized spacial score (nSPS) is 26.5. The van der Waals surface area contributed by atoms with Crippen molar-refractivity contribution < 1.29 is 14.6 Å². The third-order valence-electron chi connectivity index (χ3n) is 2.54. The Kier molecular flexibility index (Phi) is 3.72. The van der Waals surface area contributed by atoms with Crippen LogP contribution in [0.2, 0.25) is 0 Å². The minimum Gasteiger partial charge on any atom is -0.373 e. The van der Waals surface area contributed by atoms with Crippen LogP contribution in [0.5, 0.6) is 0 Å². The van der Waals surface area contributed by atoms with Gasteiger partial charge in [-0.15, -0.1) is 0 Å². The lowest BCUT2D eigenvalue weighted by atomic mass is 10.1. The first kappa shape index (κ1) is 10.6. The van der Waals surface area contributed by atoms with Crippen molar-refractivity contribution in [1.82, 2.24) is 0 Å². The Morgan fingerprint density at radius 2 is 2.13 bits per heavy atom. The van der Waals surface area contributed by atoms with Crippen LogP contribution >= 0.6 is 0 Å². The van der Waals surface area contributed by atoms with Crippen LogP contribution < -0.4 is 0 Å². The molecule has 1 N–H and O–H groups in total. The monoisotopic (exact) mass is 208 g/mol. The maximum absolute atomic E-state index is 9.27. The van der Waals surface area contributed by atoms with Gasteiger partial charge in [-0.1, -0.05) is 30.3 Å². The van der Waals surface area contributed by atoms with Crippen LogP contribution in [0.1, 0.15) is 18.4 Å². The highest BCUT2D eigenvalue weighted by atomic mass is 16.6. The number of hydrogen-bond acceptors (Lipinski definition) is 3. The summed E-state index contributed by atoms with van der Waals surface area (Å²) in [5, 5.41) is 9.27. The van der Waals surface area contributed by atoms with Crippen molar-refractivity contribution in [3.8, 4) is 0 Å². The van der Waals surface area contributed by atoms with Crippen LogP contribution in [0.3, 0.4) is 0 Å². The summed E-state index contributed by atoms with van der Waals surface area (Å²) in [5.74, 6) is 0. The van der Waals surface area contributed by atoms with E-state index in [-0.39, 0.29) is 6.10 Å². The largest absolute Gasteiger partial charge is 0.373 e. The van der Waals surface area contributed by atoms with Crippen LogP contribution in [-0.2, 0) is 16.1 Å². The standard InChI is InChI=1S/C12H16O3/c13-12-8-11(6-7-14-12)15-9-10-4-2-1-3-5-10/h1-5,11-13H,6-9H2/t11-,12-/m0/s1. The molecule has 0 bridgehead atoms. The van der Waals surface area contributed by atoms with E-state index in [0.29, 0.717) is 19.6 Å². The van der Waals surface area contributed by atoms with E-state index in [9.17, 15) is 5.11 Å². The fourth-order valence-electron chi connectivity index (χ4n) is 1.69. The van der Waals surface area contributed by atoms with E-state index in [4.69, 9.17) is 9.47 Å². The Morgan fingerprint density at radius 1 is 1.33 bits per heavy atom. The lowest BCUT2D eigenvalue weighted by Gasteiger charge is -2.26. The first-order valence-electron chi connectivity index (χ1n) is 5.30. The van der Waals surface area contributed by atoms with Gasteiger partial charge in [-0.2, -0.15) is 0 Å². The zero-order valence-electron chi connectivity index (χ0n) is 8.63. The van der Waals surface area contributed by atoms with E-state index in [0.717, 1.165) is 6.42 Å². The predicted molar refractivity (Wildman–Crippen MR) is 56.2 cm³/mol. The van der Waals surface area contributed by atoms with Gasteiger partial charge >= 0.3 is 0 Å².